The first-order chi connectivity index (χ1) is 11.2. The van der Waals surface area contributed by atoms with Crippen LogP contribution in [-0.2, 0) is 0 Å². The summed E-state index contributed by atoms with van der Waals surface area (Å²) in [4.78, 5) is 2.52. The van der Waals surface area contributed by atoms with Crippen LogP contribution in [0.2, 0.25) is 0 Å². The fourth-order valence-corrected chi connectivity index (χ4v) is 4.79. The number of benzene rings is 1. The molecule has 2 N–H and O–H groups in total. The molecule has 0 aromatic heterocycles. The molecule has 2 saturated heterocycles. The minimum Gasteiger partial charge on any atom is -0.388 e. The molecule has 0 bridgehead atoms. The summed E-state index contributed by atoms with van der Waals surface area (Å²) in [6.45, 7) is 5.26. The Morgan fingerprint density at radius 3 is 2.48 bits per heavy atom. The van der Waals surface area contributed by atoms with E-state index < -0.39 is 5.60 Å². The van der Waals surface area contributed by atoms with E-state index in [0.717, 1.165) is 17.9 Å². The number of anilines is 1. The van der Waals surface area contributed by atoms with Gasteiger partial charge in [0.25, 0.3) is 0 Å². The lowest BCUT2D eigenvalue weighted by atomic mass is 10.0. The summed E-state index contributed by atoms with van der Waals surface area (Å²) in [5, 5.41) is 14.0. The van der Waals surface area contributed by atoms with Gasteiger partial charge in [0.15, 0.2) is 0 Å². The molecule has 2 aliphatic rings. The molecule has 128 valence electrons. The van der Waals surface area contributed by atoms with Crippen LogP contribution < -0.4 is 10.2 Å². The van der Waals surface area contributed by atoms with Crippen LogP contribution in [0.5, 0.6) is 0 Å². The molecular formula is C19H30N2OS. The van der Waals surface area contributed by atoms with Crippen molar-refractivity contribution in [3.8, 4) is 0 Å². The summed E-state index contributed by atoms with van der Waals surface area (Å²) in [6.07, 6.45) is 6.28. The lowest BCUT2D eigenvalue weighted by Gasteiger charge is -2.26. The van der Waals surface area contributed by atoms with Gasteiger partial charge in [0.1, 0.15) is 0 Å². The van der Waals surface area contributed by atoms with Crippen LogP contribution in [-0.4, -0.2) is 41.8 Å². The van der Waals surface area contributed by atoms with E-state index in [1.54, 1.807) is 0 Å². The van der Waals surface area contributed by atoms with Crippen molar-refractivity contribution in [2.45, 2.75) is 50.7 Å². The topological polar surface area (TPSA) is 35.5 Å². The first-order valence-corrected chi connectivity index (χ1v) is 10.2. The first kappa shape index (κ1) is 17.1. The quantitative estimate of drug-likeness (QED) is 0.863. The van der Waals surface area contributed by atoms with Gasteiger partial charge in [-0.05, 0) is 49.6 Å². The third kappa shape index (κ3) is 4.65. The normalized spacial score (nSPS) is 27.0. The van der Waals surface area contributed by atoms with Crippen molar-refractivity contribution in [2.24, 2.45) is 0 Å². The highest BCUT2D eigenvalue weighted by molar-refractivity contribution is 7.99. The van der Waals surface area contributed by atoms with Crippen LogP contribution >= 0.6 is 11.8 Å². The molecule has 2 aliphatic heterocycles. The molecule has 0 aliphatic carbocycles. The van der Waals surface area contributed by atoms with Crippen LogP contribution in [0.1, 0.15) is 50.6 Å². The predicted octanol–water partition coefficient (Wildman–Crippen LogP) is 3.59. The first-order valence-electron chi connectivity index (χ1n) is 9.05. The van der Waals surface area contributed by atoms with Crippen molar-refractivity contribution < 1.29 is 5.11 Å². The zero-order valence-corrected chi connectivity index (χ0v) is 15.1. The van der Waals surface area contributed by atoms with E-state index in [9.17, 15) is 5.11 Å². The Kier molecular flexibility index (Phi) is 5.89. The molecule has 2 fully saturated rings. The molecule has 2 heterocycles. The summed E-state index contributed by atoms with van der Waals surface area (Å²) in [6, 6.07) is 9.29. The number of aliphatic hydroxyl groups is 1. The SMILES string of the molecule is CC(NCC1(O)CCSC1)c1ccc(N2CCCCCC2)cc1. The zero-order chi connectivity index (χ0) is 16.1. The Bertz CT molecular complexity index is 477. The summed E-state index contributed by atoms with van der Waals surface area (Å²) in [5.41, 5.74) is 2.15. The van der Waals surface area contributed by atoms with E-state index in [0.29, 0.717) is 6.54 Å². The average Bonchev–Trinajstić information content (AvgIpc) is 2.84. The molecule has 0 saturated carbocycles. The minimum absolute atomic E-state index is 0.280. The van der Waals surface area contributed by atoms with Gasteiger partial charge in [-0.25, -0.2) is 0 Å². The Labute approximate surface area is 144 Å². The van der Waals surface area contributed by atoms with Gasteiger partial charge in [-0.15, -0.1) is 0 Å². The molecule has 2 unspecified atom stereocenters. The van der Waals surface area contributed by atoms with Gasteiger partial charge in [0.05, 0.1) is 5.60 Å². The van der Waals surface area contributed by atoms with Gasteiger partial charge in [-0.1, -0.05) is 25.0 Å². The maximum Gasteiger partial charge on any atom is 0.0869 e. The molecule has 0 amide bonds. The summed E-state index contributed by atoms with van der Waals surface area (Å²) in [5.74, 6) is 1.94. The van der Waals surface area contributed by atoms with Crippen LogP contribution in [0.15, 0.2) is 24.3 Å². The number of nitrogens with one attached hydrogen (secondary N) is 1. The second-order valence-electron chi connectivity index (χ2n) is 7.12. The molecule has 23 heavy (non-hydrogen) atoms. The predicted molar refractivity (Wildman–Crippen MR) is 100 cm³/mol. The average molecular weight is 335 g/mol. The van der Waals surface area contributed by atoms with Gasteiger partial charge >= 0.3 is 0 Å². The minimum atomic E-state index is -0.509. The second-order valence-corrected chi connectivity index (χ2v) is 8.23. The molecule has 0 spiro atoms. The van der Waals surface area contributed by atoms with E-state index in [-0.39, 0.29) is 6.04 Å². The van der Waals surface area contributed by atoms with Crippen LogP contribution in [0, 0.1) is 0 Å². The van der Waals surface area contributed by atoms with E-state index in [1.165, 1.54) is 50.0 Å². The van der Waals surface area contributed by atoms with Gasteiger partial charge < -0.3 is 15.3 Å². The number of hydrogen-bond donors (Lipinski definition) is 2. The number of rotatable bonds is 5. The molecule has 3 nitrogen and oxygen atoms in total. The van der Waals surface area contributed by atoms with E-state index in [1.807, 2.05) is 11.8 Å². The Balaban J connectivity index is 1.55. The molecule has 0 radical (unpaired) electrons. The van der Waals surface area contributed by atoms with Crippen LogP contribution in [0.4, 0.5) is 5.69 Å². The fraction of sp³-hybridized carbons (Fsp3) is 0.684. The Morgan fingerprint density at radius 1 is 1.17 bits per heavy atom. The highest BCUT2D eigenvalue weighted by Gasteiger charge is 2.31. The lowest BCUT2D eigenvalue weighted by molar-refractivity contribution is 0.0651. The highest BCUT2D eigenvalue weighted by atomic mass is 32.2. The molecular weight excluding hydrogens is 304 g/mol. The van der Waals surface area contributed by atoms with E-state index >= 15 is 0 Å². The van der Waals surface area contributed by atoms with Crippen molar-refractivity contribution in [1.82, 2.24) is 5.32 Å². The molecule has 3 rings (SSSR count). The monoisotopic (exact) mass is 334 g/mol. The number of nitrogens with zero attached hydrogens (tertiary/aromatic N) is 1. The third-order valence-electron chi connectivity index (χ3n) is 5.18. The maximum absolute atomic E-state index is 10.4. The van der Waals surface area contributed by atoms with Crippen LogP contribution in [0.25, 0.3) is 0 Å². The number of thioether (sulfide) groups is 1. The summed E-state index contributed by atoms with van der Waals surface area (Å²) in [7, 11) is 0. The van der Waals surface area contributed by atoms with E-state index in [2.05, 4.69) is 41.4 Å². The second kappa shape index (κ2) is 7.91. The fourth-order valence-electron chi connectivity index (χ4n) is 3.50. The lowest BCUT2D eigenvalue weighted by Crippen LogP contribution is -2.41. The largest absolute Gasteiger partial charge is 0.388 e. The summed E-state index contributed by atoms with van der Waals surface area (Å²) < 4.78 is 0. The van der Waals surface area contributed by atoms with Crippen LogP contribution in [0.3, 0.4) is 0 Å². The third-order valence-corrected chi connectivity index (χ3v) is 6.42. The van der Waals surface area contributed by atoms with Gasteiger partial charge in [0.2, 0.25) is 0 Å². The van der Waals surface area contributed by atoms with Crippen molar-refractivity contribution in [1.29, 1.82) is 0 Å². The van der Waals surface area contributed by atoms with Gasteiger partial charge in [-0.3, -0.25) is 0 Å². The summed E-state index contributed by atoms with van der Waals surface area (Å²) >= 11 is 1.85. The molecule has 2 atom stereocenters. The number of hydrogen-bond acceptors (Lipinski definition) is 4. The smallest absolute Gasteiger partial charge is 0.0869 e. The van der Waals surface area contributed by atoms with Gasteiger partial charge in [0, 0.05) is 37.1 Å². The van der Waals surface area contributed by atoms with Crippen molar-refractivity contribution in [3.63, 3.8) is 0 Å². The zero-order valence-electron chi connectivity index (χ0n) is 14.3. The highest BCUT2D eigenvalue weighted by Crippen LogP contribution is 2.28. The maximum atomic E-state index is 10.4. The van der Waals surface area contributed by atoms with Gasteiger partial charge in [-0.2, -0.15) is 11.8 Å². The molecule has 1 aromatic carbocycles. The van der Waals surface area contributed by atoms with Crippen molar-refractivity contribution in [3.05, 3.63) is 29.8 Å². The van der Waals surface area contributed by atoms with Crippen molar-refractivity contribution in [2.75, 3.05) is 36.0 Å². The van der Waals surface area contributed by atoms with Crippen molar-refractivity contribution >= 4 is 17.4 Å². The molecule has 4 heteroatoms. The standard InChI is InChI=1S/C19H30N2OS/c1-16(20-14-19(22)10-13-23-15-19)17-6-8-18(9-7-17)21-11-4-2-3-5-12-21/h6-9,16,20,22H,2-5,10-15H2,1H3. The Hall–Kier alpha value is -0.710. The van der Waals surface area contributed by atoms with E-state index in [4.69, 9.17) is 0 Å². The molecule has 1 aromatic rings. The Morgan fingerprint density at radius 2 is 1.87 bits per heavy atom.